The van der Waals surface area contributed by atoms with Gasteiger partial charge in [-0.1, -0.05) is 18.5 Å². The van der Waals surface area contributed by atoms with Crippen molar-refractivity contribution in [2.75, 3.05) is 13.2 Å². The monoisotopic (exact) mass is 319 g/mol. The normalized spacial score (nSPS) is 14.9. The van der Waals surface area contributed by atoms with Gasteiger partial charge in [-0.2, -0.15) is 4.98 Å². The molecule has 0 unspecified atom stereocenters. The first kappa shape index (κ1) is 15.4. The minimum atomic E-state index is -0.541. The van der Waals surface area contributed by atoms with Crippen LogP contribution in [0.2, 0.25) is 0 Å². The fraction of sp³-hybridized carbons (Fsp3) is 0.467. The van der Waals surface area contributed by atoms with Crippen LogP contribution in [0, 0.1) is 0 Å². The maximum atomic E-state index is 12.3. The van der Waals surface area contributed by atoms with Crippen LogP contribution in [0.5, 0.6) is 6.01 Å². The summed E-state index contributed by atoms with van der Waals surface area (Å²) in [5.74, 6) is 0. The van der Waals surface area contributed by atoms with Gasteiger partial charge in [0.2, 0.25) is 5.71 Å². The third-order valence-corrected chi connectivity index (χ3v) is 3.53. The molecule has 0 aromatic carbocycles. The molecule has 2 aromatic heterocycles. The number of hydrogen-bond donors (Lipinski definition) is 1. The standard InChI is InChI=1S/C15H17N3O5/c1-2-3-9-8-11(19)22-14-12(9)13(20)16-15(17-14)23-18-10-4-6-21-7-5-10/h8H,2-7H2,1H3,(H,16,17,20). The predicted molar refractivity (Wildman–Crippen MR) is 83.0 cm³/mol. The number of nitrogens with one attached hydrogen (secondary N) is 1. The molecule has 0 aliphatic carbocycles. The van der Waals surface area contributed by atoms with Crippen molar-refractivity contribution in [2.45, 2.75) is 32.6 Å². The highest BCUT2D eigenvalue weighted by Crippen LogP contribution is 2.15. The molecule has 0 atom stereocenters. The fourth-order valence-electron chi connectivity index (χ4n) is 2.44. The van der Waals surface area contributed by atoms with Gasteiger partial charge < -0.3 is 14.0 Å². The third-order valence-electron chi connectivity index (χ3n) is 3.53. The summed E-state index contributed by atoms with van der Waals surface area (Å²) < 4.78 is 10.2. The molecule has 122 valence electrons. The lowest BCUT2D eigenvalue weighted by Crippen LogP contribution is -2.17. The second-order valence-electron chi connectivity index (χ2n) is 5.25. The maximum Gasteiger partial charge on any atom is 0.337 e. The van der Waals surface area contributed by atoms with E-state index < -0.39 is 11.2 Å². The van der Waals surface area contributed by atoms with Crippen molar-refractivity contribution in [3.8, 4) is 6.01 Å². The van der Waals surface area contributed by atoms with Crippen molar-refractivity contribution >= 4 is 16.8 Å². The molecule has 0 saturated carbocycles. The van der Waals surface area contributed by atoms with E-state index in [0.717, 1.165) is 12.1 Å². The summed E-state index contributed by atoms with van der Waals surface area (Å²) in [7, 11) is 0. The molecule has 0 bridgehead atoms. The average molecular weight is 319 g/mol. The molecular formula is C15H17N3O5. The van der Waals surface area contributed by atoms with E-state index in [1.54, 1.807) is 0 Å². The van der Waals surface area contributed by atoms with Crippen molar-refractivity contribution in [2.24, 2.45) is 5.16 Å². The topological polar surface area (TPSA) is 107 Å². The lowest BCUT2D eigenvalue weighted by molar-refractivity contribution is 0.132. The highest BCUT2D eigenvalue weighted by atomic mass is 16.6. The van der Waals surface area contributed by atoms with E-state index in [2.05, 4.69) is 15.1 Å². The molecule has 0 amide bonds. The van der Waals surface area contributed by atoms with Crippen LogP contribution in [0.4, 0.5) is 0 Å². The zero-order valence-corrected chi connectivity index (χ0v) is 12.8. The van der Waals surface area contributed by atoms with Gasteiger partial charge in [0.1, 0.15) is 5.39 Å². The van der Waals surface area contributed by atoms with Crippen molar-refractivity contribution < 1.29 is 14.0 Å². The van der Waals surface area contributed by atoms with Crippen LogP contribution in [0.25, 0.3) is 11.1 Å². The number of fused-ring (bicyclic) bond motifs is 1. The number of aromatic nitrogens is 2. The predicted octanol–water partition coefficient (Wildman–Crippen LogP) is 1.37. The van der Waals surface area contributed by atoms with Crippen molar-refractivity contribution in [3.05, 3.63) is 32.4 Å². The second kappa shape index (κ2) is 6.74. The number of oxime groups is 1. The highest BCUT2D eigenvalue weighted by molar-refractivity contribution is 5.84. The van der Waals surface area contributed by atoms with Crippen LogP contribution >= 0.6 is 0 Å². The number of nitrogens with zero attached hydrogens (tertiary/aromatic N) is 2. The smallest absolute Gasteiger partial charge is 0.337 e. The van der Waals surface area contributed by atoms with Crippen LogP contribution in [0.1, 0.15) is 31.7 Å². The van der Waals surface area contributed by atoms with Crippen molar-refractivity contribution in [3.63, 3.8) is 0 Å². The largest absolute Gasteiger partial charge is 0.403 e. The van der Waals surface area contributed by atoms with Crippen LogP contribution < -0.4 is 16.0 Å². The van der Waals surface area contributed by atoms with Gasteiger partial charge in [0.05, 0.1) is 18.9 Å². The number of H-pyrrole nitrogens is 1. The highest BCUT2D eigenvalue weighted by Gasteiger charge is 2.14. The maximum absolute atomic E-state index is 12.3. The zero-order valence-electron chi connectivity index (χ0n) is 12.8. The van der Waals surface area contributed by atoms with Gasteiger partial charge in [0.15, 0.2) is 0 Å². The molecular weight excluding hydrogens is 302 g/mol. The Hall–Kier alpha value is -2.48. The summed E-state index contributed by atoms with van der Waals surface area (Å²) in [6.45, 7) is 3.15. The molecule has 0 spiro atoms. The third kappa shape index (κ3) is 3.48. The average Bonchev–Trinajstić information content (AvgIpc) is 2.53. The van der Waals surface area contributed by atoms with E-state index in [-0.39, 0.29) is 17.1 Å². The van der Waals surface area contributed by atoms with E-state index in [1.165, 1.54) is 6.07 Å². The Bertz CT molecular complexity index is 844. The van der Waals surface area contributed by atoms with Crippen molar-refractivity contribution in [1.82, 2.24) is 9.97 Å². The molecule has 0 radical (unpaired) electrons. The van der Waals surface area contributed by atoms with Gasteiger partial charge in [-0.3, -0.25) is 9.78 Å². The molecule has 1 N–H and O–H groups in total. The minimum Gasteiger partial charge on any atom is -0.403 e. The Labute approximate surface area is 131 Å². The van der Waals surface area contributed by atoms with E-state index in [9.17, 15) is 9.59 Å². The number of hydrogen-bond acceptors (Lipinski definition) is 7. The van der Waals surface area contributed by atoms with E-state index in [0.29, 0.717) is 38.0 Å². The Balaban J connectivity index is 1.97. The second-order valence-corrected chi connectivity index (χ2v) is 5.25. The quantitative estimate of drug-likeness (QED) is 0.853. The van der Waals surface area contributed by atoms with Crippen molar-refractivity contribution in [1.29, 1.82) is 0 Å². The van der Waals surface area contributed by atoms with Gasteiger partial charge in [0.25, 0.3) is 5.56 Å². The van der Waals surface area contributed by atoms with Gasteiger partial charge in [-0.15, -0.1) is 0 Å². The Morgan fingerprint density at radius 1 is 1.35 bits per heavy atom. The molecule has 8 heteroatoms. The molecule has 1 fully saturated rings. The minimum absolute atomic E-state index is 0.0353. The molecule has 1 saturated heterocycles. The van der Waals surface area contributed by atoms with E-state index in [4.69, 9.17) is 14.0 Å². The fourth-order valence-corrected chi connectivity index (χ4v) is 2.44. The molecule has 1 aliphatic heterocycles. The molecule has 2 aromatic rings. The summed E-state index contributed by atoms with van der Waals surface area (Å²) in [5, 5.41) is 4.24. The number of aromatic amines is 1. The summed E-state index contributed by atoms with van der Waals surface area (Å²) >= 11 is 0. The lowest BCUT2D eigenvalue weighted by atomic mass is 10.1. The molecule has 23 heavy (non-hydrogen) atoms. The van der Waals surface area contributed by atoms with Crippen LogP contribution in [0.3, 0.4) is 0 Å². The molecule has 3 heterocycles. The SMILES string of the molecule is CCCc1cc(=O)oc2nc(ON=C3CCOCC3)[nH]c(=O)c12. The zero-order chi connectivity index (χ0) is 16.2. The summed E-state index contributed by atoms with van der Waals surface area (Å²) in [6, 6.07) is 1.23. The number of rotatable bonds is 4. The van der Waals surface area contributed by atoms with Crippen LogP contribution in [0.15, 0.2) is 25.2 Å². The summed E-state index contributed by atoms with van der Waals surface area (Å²) in [6.07, 6.45) is 2.74. The lowest BCUT2D eigenvalue weighted by Gasteiger charge is -2.12. The first-order valence-corrected chi connectivity index (χ1v) is 7.55. The van der Waals surface area contributed by atoms with Gasteiger partial charge in [-0.05, 0) is 12.0 Å². The molecule has 3 rings (SSSR count). The molecule has 8 nitrogen and oxygen atoms in total. The molecule has 1 aliphatic rings. The summed E-state index contributed by atoms with van der Waals surface area (Å²) in [5.41, 5.74) is 0.465. The van der Waals surface area contributed by atoms with Gasteiger partial charge in [-0.25, -0.2) is 4.79 Å². The van der Waals surface area contributed by atoms with E-state index >= 15 is 0 Å². The Morgan fingerprint density at radius 2 is 2.13 bits per heavy atom. The number of ether oxygens (including phenoxy) is 1. The summed E-state index contributed by atoms with van der Waals surface area (Å²) in [4.78, 5) is 35.6. The first-order chi connectivity index (χ1) is 11.2. The van der Waals surface area contributed by atoms with E-state index in [1.807, 2.05) is 6.92 Å². The first-order valence-electron chi connectivity index (χ1n) is 7.55. The van der Waals surface area contributed by atoms with Gasteiger partial charge >= 0.3 is 11.6 Å². The number of aryl methyl sites for hydroxylation is 1. The van der Waals surface area contributed by atoms with Gasteiger partial charge in [0, 0.05) is 18.9 Å². The van der Waals surface area contributed by atoms with Crippen LogP contribution in [-0.4, -0.2) is 28.9 Å². The van der Waals surface area contributed by atoms with Crippen LogP contribution in [-0.2, 0) is 11.2 Å². The Morgan fingerprint density at radius 3 is 2.87 bits per heavy atom. The Kier molecular flexibility index (Phi) is 4.52.